The van der Waals surface area contributed by atoms with Gasteiger partial charge in [0.1, 0.15) is 5.03 Å². The highest BCUT2D eigenvalue weighted by atomic mass is 35.5. The van der Waals surface area contributed by atoms with Gasteiger partial charge < -0.3 is 5.11 Å². The Kier molecular flexibility index (Phi) is 4.11. The fourth-order valence-electron chi connectivity index (χ4n) is 1.28. The summed E-state index contributed by atoms with van der Waals surface area (Å²) < 4.78 is 0. The highest BCUT2D eigenvalue weighted by Gasteiger charge is 2.08. The first kappa shape index (κ1) is 13.2. The SMILES string of the molecule is O=C(O)c1cccc(Sc2ncc(Cl)cc2Cl)c1. The number of hydrogen-bond acceptors (Lipinski definition) is 3. The van der Waals surface area contributed by atoms with Crippen LogP contribution in [0.1, 0.15) is 10.4 Å². The molecule has 1 N–H and O–H groups in total. The van der Waals surface area contributed by atoms with Crippen molar-refractivity contribution in [2.24, 2.45) is 0 Å². The first-order chi connectivity index (χ1) is 8.56. The summed E-state index contributed by atoms with van der Waals surface area (Å²) in [6, 6.07) is 8.17. The first-order valence-corrected chi connectivity index (χ1v) is 6.46. The second kappa shape index (κ2) is 5.61. The van der Waals surface area contributed by atoms with Crippen LogP contribution in [0.2, 0.25) is 10.0 Å². The van der Waals surface area contributed by atoms with Crippen molar-refractivity contribution in [1.29, 1.82) is 0 Å². The number of rotatable bonds is 3. The number of carboxylic acids is 1. The summed E-state index contributed by atoms with van der Waals surface area (Å²) in [7, 11) is 0. The molecule has 1 aromatic heterocycles. The van der Waals surface area contributed by atoms with Gasteiger partial charge in [-0.3, -0.25) is 0 Å². The Hall–Kier alpha value is -1.23. The largest absolute Gasteiger partial charge is 0.478 e. The number of hydrogen-bond donors (Lipinski definition) is 1. The molecular formula is C12H7Cl2NO2S. The second-order valence-electron chi connectivity index (χ2n) is 3.38. The number of carbonyl (C=O) groups is 1. The van der Waals surface area contributed by atoms with Crippen LogP contribution in [0.5, 0.6) is 0 Å². The van der Waals surface area contributed by atoms with Crippen molar-refractivity contribution in [3.63, 3.8) is 0 Å². The van der Waals surface area contributed by atoms with Gasteiger partial charge >= 0.3 is 5.97 Å². The van der Waals surface area contributed by atoms with E-state index in [0.717, 1.165) is 4.90 Å². The molecule has 0 aliphatic rings. The standard InChI is InChI=1S/C12H7Cl2NO2S/c13-8-5-10(14)11(15-6-8)18-9-3-1-2-7(4-9)12(16)17/h1-6H,(H,16,17). The van der Waals surface area contributed by atoms with Gasteiger partial charge in [-0.15, -0.1) is 0 Å². The topological polar surface area (TPSA) is 50.2 Å². The molecule has 0 aliphatic carbocycles. The maximum Gasteiger partial charge on any atom is 0.335 e. The van der Waals surface area contributed by atoms with E-state index in [1.807, 2.05) is 0 Å². The van der Waals surface area contributed by atoms with E-state index in [9.17, 15) is 4.79 Å². The van der Waals surface area contributed by atoms with E-state index >= 15 is 0 Å². The Balaban J connectivity index is 2.28. The van der Waals surface area contributed by atoms with E-state index in [2.05, 4.69) is 4.98 Å². The lowest BCUT2D eigenvalue weighted by atomic mass is 10.2. The summed E-state index contributed by atoms with van der Waals surface area (Å²) in [5.74, 6) is -0.965. The zero-order valence-corrected chi connectivity index (χ0v) is 11.3. The van der Waals surface area contributed by atoms with Crippen LogP contribution in [0, 0.1) is 0 Å². The van der Waals surface area contributed by atoms with Crippen molar-refractivity contribution in [2.75, 3.05) is 0 Å². The molecule has 0 atom stereocenters. The predicted octanol–water partition coefficient (Wildman–Crippen LogP) is 4.24. The van der Waals surface area contributed by atoms with Crippen LogP contribution >= 0.6 is 35.0 Å². The molecule has 0 fully saturated rings. The van der Waals surface area contributed by atoms with Crippen molar-refractivity contribution in [1.82, 2.24) is 4.98 Å². The molecule has 0 bridgehead atoms. The van der Waals surface area contributed by atoms with Crippen LogP contribution in [0.25, 0.3) is 0 Å². The van der Waals surface area contributed by atoms with E-state index in [1.165, 1.54) is 24.0 Å². The van der Waals surface area contributed by atoms with E-state index in [4.69, 9.17) is 28.3 Å². The highest BCUT2D eigenvalue weighted by molar-refractivity contribution is 7.99. The van der Waals surface area contributed by atoms with Gasteiger partial charge in [0.05, 0.1) is 15.6 Å². The lowest BCUT2D eigenvalue weighted by Crippen LogP contribution is -1.95. The van der Waals surface area contributed by atoms with Gasteiger partial charge in [0, 0.05) is 11.1 Å². The third-order valence-corrected chi connectivity index (χ3v) is 3.68. The molecule has 1 aromatic carbocycles. The van der Waals surface area contributed by atoms with E-state index < -0.39 is 5.97 Å². The molecule has 0 unspecified atom stereocenters. The molecule has 0 aliphatic heterocycles. The molecule has 3 nitrogen and oxygen atoms in total. The molecule has 1 heterocycles. The maximum atomic E-state index is 10.8. The molecule has 0 amide bonds. The molecule has 92 valence electrons. The molecule has 6 heteroatoms. The molecular weight excluding hydrogens is 293 g/mol. The highest BCUT2D eigenvalue weighted by Crippen LogP contribution is 2.32. The van der Waals surface area contributed by atoms with E-state index in [0.29, 0.717) is 15.1 Å². The molecule has 0 saturated carbocycles. The van der Waals surface area contributed by atoms with Gasteiger partial charge in [-0.2, -0.15) is 0 Å². The van der Waals surface area contributed by atoms with E-state index in [1.54, 1.807) is 24.3 Å². The zero-order chi connectivity index (χ0) is 13.1. The van der Waals surface area contributed by atoms with Crippen molar-refractivity contribution in [3.8, 4) is 0 Å². The minimum absolute atomic E-state index is 0.227. The summed E-state index contributed by atoms with van der Waals surface area (Å²) in [5, 5.41) is 10.4. The lowest BCUT2D eigenvalue weighted by molar-refractivity contribution is 0.0696. The van der Waals surface area contributed by atoms with Crippen LogP contribution in [0.15, 0.2) is 46.5 Å². The number of benzene rings is 1. The fraction of sp³-hybridized carbons (Fsp3) is 0. The number of carboxylic acid groups (broad SMARTS) is 1. The van der Waals surface area contributed by atoms with Crippen LogP contribution in [-0.2, 0) is 0 Å². The Morgan fingerprint density at radius 1 is 1.28 bits per heavy atom. The minimum atomic E-state index is -0.965. The summed E-state index contributed by atoms with van der Waals surface area (Å²) in [6.07, 6.45) is 1.50. The van der Waals surface area contributed by atoms with Gasteiger partial charge in [0.15, 0.2) is 0 Å². The van der Waals surface area contributed by atoms with Crippen LogP contribution in [0.4, 0.5) is 0 Å². The van der Waals surface area contributed by atoms with Gasteiger partial charge in [0.2, 0.25) is 0 Å². The number of pyridine rings is 1. The predicted molar refractivity (Wildman–Crippen MR) is 71.8 cm³/mol. The van der Waals surface area contributed by atoms with E-state index in [-0.39, 0.29) is 5.56 Å². The first-order valence-electron chi connectivity index (χ1n) is 4.88. The third kappa shape index (κ3) is 3.16. The Morgan fingerprint density at radius 3 is 2.72 bits per heavy atom. The summed E-state index contributed by atoms with van der Waals surface area (Å²) in [4.78, 5) is 15.7. The number of halogens is 2. The van der Waals surface area contributed by atoms with Crippen molar-refractivity contribution in [3.05, 3.63) is 52.1 Å². The zero-order valence-electron chi connectivity index (χ0n) is 8.93. The molecule has 0 saturated heterocycles. The monoisotopic (exact) mass is 299 g/mol. The molecule has 2 rings (SSSR count). The van der Waals surface area contributed by atoms with Gasteiger partial charge in [-0.05, 0) is 24.3 Å². The quantitative estimate of drug-likeness (QED) is 0.921. The Bertz CT molecular complexity index is 604. The lowest BCUT2D eigenvalue weighted by Gasteiger charge is -2.04. The van der Waals surface area contributed by atoms with Gasteiger partial charge in [-0.25, -0.2) is 9.78 Å². The molecule has 0 radical (unpaired) electrons. The molecule has 18 heavy (non-hydrogen) atoms. The van der Waals surface area contributed by atoms with Crippen molar-refractivity contribution in [2.45, 2.75) is 9.92 Å². The third-order valence-electron chi connectivity index (χ3n) is 2.07. The van der Waals surface area contributed by atoms with Crippen LogP contribution in [-0.4, -0.2) is 16.1 Å². The smallest absolute Gasteiger partial charge is 0.335 e. The summed E-state index contributed by atoms with van der Waals surface area (Å²) in [6.45, 7) is 0. The average molecular weight is 300 g/mol. The fourth-order valence-corrected chi connectivity index (χ4v) is 2.59. The Labute approximate surface area is 118 Å². The maximum absolute atomic E-state index is 10.8. The molecule has 0 spiro atoms. The van der Waals surface area contributed by atoms with Gasteiger partial charge in [-0.1, -0.05) is 41.0 Å². The Morgan fingerprint density at radius 2 is 2.06 bits per heavy atom. The van der Waals surface area contributed by atoms with Crippen molar-refractivity contribution >= 4 is 40.9 Å². The number of aromatic carboxylic acids is 1. The second-order valence-corrected chi connectivity index (χ2v) is 5.28. The molecule has 2 aromatic rings. The van der Waals surface area contributed by atoms with Gasteiger partial charge in [0.25, 0.3) is 0 Å². The number of aromatic nitrogens is 1. The average Bonchev–Trinajstić information content (AvgIpc) is 2.33. The van der Waals surface area contributed by atoms with Crippen LogP contribution < -0.4 is 0 Å². The summed E-state index contributed by atoms with van der Waals surface area (Å²) in [5.41, 5.74) is 0.227. The normalized spacial score (nSPS) is 10.3. The minimum Gasteiger partial charge on any atom is -0.478 e. The van der Waals surface area contributed by atoms with Crippen LogP contribution in [0.3, 0.4) is 0 Å². The number of nitrogens with zero attached hydrogens (tertiary/aromatic N) is 1. The van der Waals surface area contributed by atoms with Crippen molar-refractivity contribution < 1.29 is 9.90 Å². The summed E-state index contributed by atoms with van der Waals surface area (Å²) >= 11 is 13.0.